The van der Waals surface area contributed by atoms with E-state index in [2.05, 4.69) is 18.7 Å². The van der Waals surface area contributed by atoms with E-state index in [0.717, 1.165) is 12.0 Å². The Morgan fingerprint density at radius 3 is 2.14 bits per heavy atom. The van der Waals surface area contributed by atoms with Crippen LogP contribution < -0.4 is 5.73 Å². The van der Waals surface area contributed by atoms with Crippen LogP contribution in [0.2, 0.25) is 0 Å². The summed E-state index contributed by atoms with van der Waals surface area (Å²) in [5.41, 5.74) is 6.06. The highest BCUT2D eigenvalue weighted by Crippen LogP contribution is 2.31. The van der Waals surface area contributed by atoms with Crippen molar-refractivity contribution >= 4 is 0 Å². The smallest absolute Gasteiger partial charge is 0.0222 e. The van der Waals surface area contributed by atoms with Gasteiger partial charge in [-0.3, -0.25) is 4.90 Å². The van der Waals surface area contributed by atoms with Gasteiger partial charge in [0.2, 0.25) is 0 Å². The van der Waals surface area contributed by atoms with Crippen LogP contribution in [0.25, 0.3) is 0 Å². The first-order valence-electron chi connectivity index (χ1n) is 6.20. The van der Waals surface area contributed by atoms with Gasteiger partial charge < -0.3 is 5.73 Å². The van der Waals surface area contributed by atoms with Crippen LogP contribution in [0.15, 0.2) is 0 Å². The van der Waals surface area contributed by atoms with Crippen molar-refractivity contribution in [2.45, 2.75) is 64.1 Å². The summed E-state index contributed by atoms with van der Waals surface area (Å²) in [5.74, 6) is 0.956. The molecule has 0 radical (unpaired) electrons. The molecule has 2 fully saturated rings. The molecule has 1 saturated heterocycles. The molecule has 2 atom stereocenters. The first-order valence-corrected chi connectivity index (χ1v) is 6.20. The molecule has 14 heavy (non-hydrogen) atoms. The van der Waals surface area contributed by atoms with E-state index in [1.807, 2.05) is 0 Å². The highest BCUT2D eigenvalue weighted by Gasteiger charge is 2.34. The summed E-state index contributed by atoms with van der Waals surface area (Å²) in [6.07, 6.45) is 6.84. The minimum Gasteiger partial charge on any atom is -0.326 e. The van der Waals surface area contributed by atoms with Gasteiger partial charge in [-0.1, -0.05) is 6.92 Å². The van der Waals surface area contributed by atoms with Crippen molar-refractivity contribution in [3.63, 3.8) is 0 Å². The van der Waals surface area contributed by atoms with Crippen LogP contribution in [-0.4, -0.2) is 29.6 Å². The lowest BCUT2D eigenvalue weighted by atomic mass is 9.86. The van der Waals surface area contributed by atoms with Crippen molar-refractivity contribution in [3.8, 4) is 0 Å². The Labute approximate surface area is 87.8 Å². The van der Waals surface area contributed by atoms with E-state index < -0.39 is 0 Å². The fourth-order valence-corrected chi connectivity index (χ4v) is 3.08. The standard InChI is InChI=1S/C12H24N2/c1-9-3-5-11(6-4-9)14-8-7-12(13)10(14)2/h9-12H,3-8,13H2,1-2H3. The fourth-order valence-electron chi connectivity index (χ4n) is 3.08. The largest absolute Gasteiger partial charge is 0.326 e. The van der Waals surface area contributed by atoms with Gasteiger partial charge in [-0.15, -0.1) is 0 Å². The first kappa shape index (κ1) is 10.4. The van der Waals surface area contributed by atoms with Crippen molar-refractivity contribution in [2.75, 3.05) is 6.54 Å². The molecule has 0 aromatic rings. The number of likely N-dealkylation sites (tertiary alicyclic amines) is 1. The van der Waals surface area contributed by atoms with Gasteiger partial charge in [-0.2, -0.15) is 0 Å². The Hall–Kier alpha value is -0.0800. The van der Waals surface area contributed by atoms with E-state index >= 15 is 0 Å². The molecule has 1 aliphatic carbocycles. The number of rotatable bonds is 1. The summed E-state index contributed by atoms with van der Waals surface area (Å²) in [6.45, 7) is 5.92. The Kier molecular flexibility index (Phi) is 3.13. The number of hydrogen-bond acceptors (Lipinski definition) is 2. The third kappa shape index (κ3) is 1.96. The molecule has 2 unspecified atom stereocenters. The predicted molar refractivity (Wildman–Crippen MR) is 60.2 cm³/mol. The molecule has 0 spiro atoms. The van der Waals surface area contributed by atoms with Gasteiger partial charge in [0.25, 0.3) is 0 Å². The molecule has 0 bridgehead atoms. The van der Waals surface area contributed by atoms with Crippen LogP contribution in [0.5, 0.6) is 0 Å². The predicted octanol–water partition coefficient (Wildman–Crippen LogP) is 1.99. The summed E-state index contributed by atoms with van der Waals surface area (Å²) in [5, 5.41) is 0. The molecule has 2 rings (SSSR count). The van der Waals surface area contributed by atoms with Gasteiger partial charge in [0.05, 0.1) is 0 Å². The SMILES string of the molecule is CC1CCC(N2CCC(N)C2C)CC1. The molecular formula is C12H24N2. The summed E-state index contributed by atoms with van der Waals surface area (Å²) in [4.78, 5) is 2.66. The van der Waals surface area contributed by atoms with Crippen LogP contribution in [-0.2, 0) is 0 Å². The topological polar surface area (TPSA) is 29.3 Å². The van der Waals surface area contributed by atoms with Gasteiger partial charge in [-0.05, 0) is 44.9 Å². The molecule has 2 N–H and O–H groups in total. The average Bonchev–Trinajstić information content (AvgIpc) is 2.50. The molecule has 0 aromatic heterocycles. The quantitative estimate of drug-likeness (QED) is 0.695. The zero-order valence-corrected chi connectivity index (χ0v) is 9.58. The number of hydrogen-bond donors (Lipinski definition) is 1. The first-order chi connectivity index (χ1) is 6.68. The zero-order valence-electron chi connectivity index (χ0n) is 9.58. The van der Waals surface area contributed by atoms with Gasteiger partial charge in [0, 0.05) is 24.7 Å². The van der Waals surface area contributed by atoms with E-state index in [1.165, 1.54) is 38.6 Å². The summed E-state index contributed by atoms with van der Waals surface area (Å²) < 4.78 is 0. The van der Waals surface area contributed by atoms with E-state index in [0.29, 0.717) is 12.1 Å². The zero-order chi connectivity index (χ0) is 10.1. The maximum absolute atomic E-state index is 6.06. The molecule has 0 amide bonds. The molecule has 1 heterocycles. The number of nitrogens with two attached hydrogens (primary N) is 1. The Balaban J connectivity index is 1.89. The fraction of sp³-hybridized carbons (Fsp3) is 1.00. The normalized spacial score (nSPS) is 45.6. The third-order valence-electron chi connectivity index (χ3n) is 4.32. The van der Waals surface area contributed by atoms with E-state index in [4.69, 9.17) is 5.73 Å². The Bertz CT molecular complexity index is 185. The van der Waals surface area contributed by atoms with Crippen molar-refractivity contribution < 1.29 is 0 Å². The second kappa shape index (κ2) is 4.19. The summed E-state index contributed by atoms with van der Waals surface area (Å²) >= 11 is 0. The van der Waals surface area contributed by atoms with E-state index in [9.17, 15) is 0 Å². The molecule has 2 aliphatic rings. The monoisotopic (exact) mass is 196 g/mol. The molecule has 2 heteroatoms. The lowest BCUT2D eigenvalue weighted by molar-refractivity contribution is 0.131. The minimum atomic E-state index is 0.425. The Morgan fingerprint density at radius 1 is 1.00 bits per heavy atom. The van der Waals surface area contributed by atoms with Gasteiger partial charge in [0.1, 0.15) is 0 Å². The van der Waals surface area contributed by atoms with E-state index in [-0.39, 0.29) is 0 Å². The second-order valence-electron chi connectivity index (χ2n) is 5.34. The lowest BCUT2D eigenvalue weighted by Crippen LogP contribution is -2.44. The lowest BCUT2D eigenvalue weighted by Gasteiger charge is -2.36. The van der Waals surface area contributed by atoms with Crippen LogP contribution in [0.3, 0.4) is 0 Å². The van der Waals surface area contributed by atoms with Crippen LogP contribution in [0, 0.1) is 5.92 Å². The molecular weight excluding hydrogens is 172 g/mol. The van der Waals surface area contributed by atoms with E-state index in [1.54, 1.807) is 0 Å². The minimum absolute atomic E-state index is 0.425. The maximum atomic E-state index is 6.06. The van der Waals surface area contributed by atoms with Crippen LogP contribution >= 0.6 is 0 Å². The number of nitrogens with zero attached hydrogens (tertiary/aromatic N) is 1. The van der Waals surface area contributed by atoms with Gasteiger partial charge >= 0.3 is 0 Å². The van der Waals surface area contributed by atoms with Crippen molar-refractivity contribution in [1.29, 1.82) is 0 Å². The van der Waals surface area contributed by atoms with Crippen molar-refractivity contribution in [1.82, 2.24) is 4.90 Å². The highest BCUT2D eigenvalue weighted by molar-refractivity contribution is 4.91. The molecule has 1 saturated carbocycles. The molecule has 82 valence electrons. The molecule has 0 aromatic carbocycles. The van der Waals surface area contributed by atoms with Crippen LogP contribution in [0.1, 0.15) is 46.0 Å². The van der Waals surface area contributed by atoms with Gasteiger partial charge in [0.15, 0.2) is 0 Å². The second-order valence-corrected chi connectivity index (χ2v) is 5.34. The maximum Gasteiger partial charge on any atom is 0.0222 e. The van der Waals surface area contributed by atoms with Crippen molar-refractivity contribution in [3.05, 3.63) is 0 Å². The van der Waals surface area contributed by atoms with Crippen molar-refractivity contribution in [2.24, 2.45) is 11.7 Å². The van der Waals surface area contributed by atoms with Crippen LogP contribution in [0.4, 0.5) is 0 Å². The average molecular weight is 196 g/mol. The highest BCUT2D eigenvalue weighted by atomic mass is 15.2. The molecule has 1 aliphatic heterocycles. The summed E-state index contributed by atoms with van der Waals surface area (Å²) in [7, 11) is 0. The van der Waals surface area contributed by atoms with Gasteiger partial charge in [-0.25, -0.2) is 0 Å². The molecule has 2 nitrogen and oxygen atoms in total. The third-order valence-corrected chi connectivity index (χ3v) is 4.32. The Morgan fingerprint density at radius 2 is 1.64 bits per heavy atom. The summed E-state index contributed by atoms with van der Waals surface area (Å²) in [6, 6.07) is 1.89.